The summed E-state index contributed by atoms with van der Waals surface area (Å²) in [6.07, 6.45) is 1.78. The fourth-order valence-electron chi connectivity index (χ4n) is 1.85. The Bertz CT molecular complexity index is 414. The largest absolute Gasteiger partial charge is 0.380 e. The number of carbonyl (C=O) groups is 1. The zero-order chi connectivity index (χ0) is 12.3. The summed E-state index contributed by atoms with van der Waals surface area (Å²) in [6, 6.07) is 7.66. The van der Waals surface area contributed by atoms with E-state index in [0.29, 0.717) is 13.2 Å². The molecule has 0 bridgehead atoms. The quantitative estimate of drug-likeness (QED) is 0.811. The maximum Gasteiger partial charge on any atom is 0.231 e. The first-order chi connectivity index (χ1) is 8.22. The number of para-hydroxylation sites is 1. The second-order valence-electron chi connectivity index (χ2n) is 4.53. The van der Waals surface area contributed by atoms with Crippen LogP contribution in [0.25, 0.3) is 0 Å². The van der Waals surface area contributed by atoms with Crippen LogP contribution in [-0.4, -0.2) is 19.6 Å². The molecule has 1 amide bonds. The Balaban J connectivity index is 2.10. The molecule has 1 aliphatic rings. The van der Waals surface area contributed by atoms with Gasteiger partial charge in [0.2, 0.25) is 5.91 Å². The summed E-state index contributed by atoms with van der Waals surface area (Å²) >= 11 is 0. The molecule has 3 N–H and O–H groups in total. The fourth-order valence-corrected chi connectivity index (χ4v) is 1.85. The van der Waals surface area contributed by atoms with Crippen LogP contribution in [-0.2, 0) is 16.1 Å². The topological polar surface area (TPSA) is 64.3 Å². The highest BCUT2D eigenvalue weighted by molar-refractivity contribution is 5.97. The second-order valence-corrected chi connectivity index (χ2v) is 4.53. The van der Waals surface area contributed by atoms with Gasteiger partial charge >= 0.3 is 0 Å². The second kappa shape index (κ2) is 4.85. The molecular formula is C13H18N2O2. The van der Waals surface area contributed by atoms with Gasteiger partial charge in [-0.3, -0.25) is 4.79 Å². The Morgan fingerprint density at radius 2 is 2.18 bits per heavy atom. The van der Waals surface area contributed by atoms with Crippen molar-refractivity contribution in [2.75, 3.05) is 19.0 Å². The van der Waals surface area contributed by atoms with Gasteiger partial charge in [-0.2, -0.15) is 0 Å². The summed E-state index contributed by atoms with van der Waals surface area (Å²) in [5, 5.41) is 2.95. The molecule has 17 heavy (non-hydrogen) atoms. The first kappa shape index (κ1) is 12.1. The molecule has 92 valence electrons. The Labute approximate surface area is 101 Å². The van der Waals surface area contributed by atoms with Gasteiger partial charge in [0.25, 0.3) is 0 Å². The SMILES string of the molecule is COCc1ccccc1NC(=O)C1(CN)CC1. The van der Waals surface area contributed by atoms with E-state index in [1.165, 1.54) is 0 Å². The molecule has 0 atom stereocenters. The molecule has 0 aliphatic heterocycles. The van der Waals surface area contributed by atoms with Gasteiger partial charge in [-0.1, -0.05) is 18.2 Å². The van der Waals surface area contributed by atoms with Crippen LogP contribution in [0.5, 0.6) is 0 Å². The predicted molar refractivity (Wildman–Crippen MR) is 66.5 cm³/mol. The number of benzene rings is 1. The number of amides is 1. The van der Waals surface area contributed by atoms with Crippen molar-refractivity contribution in [3.63, 3.8) is 0 Å². The minimum atomic E-state index is -0.319. The molecular weight excluding hydrogens is 216 g/mol. The van der Waals surface area contributed by atoms with Crippen LogP contribution in [0.4, 0.5) is 5.69 Å². The Morgan fingerprint density at radius 3 is 2.76 bits per heavy atom. The van der Waals surface area contributed by atoms with Crippen LogP contribution in [0.3, 0.4) is 0 Å². The summed E-state index contributed by atoms with van der Waals surface area (Å²) in [5.74, 6) is 0.0311. The van der Waals surface area contributed by atoms with Crippen LogP contribution >= 0.6 is 0 Å². The van der Waals surface area contributed by atoms with Crippen LogP contribution < -0.4 is 11.1 Å². The number of hydrogen-bond donors (Lipinski definition) is 2. The molecule has 2 rings (SSSR count). The first-order valence-electron chi connectivity index (χ1n) is 5.80. The van der Waals surface area contributed by atoms with Gasteiger partial charge in [-0.05, 0) is 18.9 Å². The lowest BCUT2D eigenvalue weighted by Crippen LogP contribution is -2.31. The molecule has 1 aromatic rings. The molecule has 0 spiro atoms. The van der Waals surface area contributed by atoms with Gasteiger partial charge in [-0.25, -0.2) is 0 Å². The summed E-state index contributed by atoms with van der Waals surface area (Å²) in [6.45, 7) is 0.914. The normalized spacial score (nSPS) is 16.6. The van der Waals surface area contributed by atoms with E-state index < -0.39 is 0 Å². The van der Waals surface area contributed by atoms with E-state index in [1.807, 2.05) is 24.3 Å². The summed E-state index contributed by atoms with van der Waals surface area (Å²) in [5.41, 5.74) is 7.12. The van der Waals surface area contributed by atoms with E-state index in [0.717, 1.165) is 24.1 Å². The zero-order valence-electron chi connectivity index (χ0n) is 10.0. The lowest BCUT2D eigenvalue weighted by Gasteiger charge is -2.15. The van der Waals surface area contributed by atoms with Gasteiger partial charge in [0, 0.05) is 24.9 Å². The number of nitrogens with one attached hydrogen (secondary N) is 1. The average molecular weight is 234 g/mol. The molecule has 4 nitrogen and oxygen atoms in total. The minimum Gasteiger partial charge on any atom is -0.380 e. The Morgan fingerprint density at radius 1 is 1.47 bits per heavy atom. The van der Waals surface area contributed by atoms with Crippen molar-refractivity contribution in [2.24, 2.45) is 11.1 Å². The highest BCUT2D eigenvalue weighted by atomic mass is 16.5. The summed E-state index contributed by atoms with van der Waals surface area (Å²) in [4.78, 5) is 12.1. The lowest BCUT2D eigenvalue weighted by atomic mass is 10.1. The van der Waals surface area contributed by atoms with Gasteiger partial charge in [-0.15, -0.1) is 0 Å². The van der Waals surface area contributed by atoms with Gasteiger partial charge in [0.05, 0.1) is 12.0 Å². The number of nitrogens with two attached hydrogens (primary N) is 1. The molecule has 0 heterocycles. The van der Waals surface area contributed by atoms with E-state index in [-0.39, 0.29) is 11.3 Å². The highest BCUT2D eigenvalue weighted by Gasteiger charge is 2.48. The van der Waals surface area contributed by atoms with Crippen molar-refractivity contribution in [2.45, 2.75) is 19.4 Å². The van der Waals surface area contributed by atoms with Crippen molar-refractivity contribution in [3.05, 3.63) is 29.8 Å². The number of anilines is 1. The molecule has 1 aliphatic carbocycles. The third-order valence-corrected chi connectivity index (χ3v) is 3.29. The number of carbonyl (C=O) groups excluding carboxylic acids is 1. The van der Waals surface area contributed by atoms with Crippen LogP contribution in [0.1, 0.15) is 18.4 Å². The maximum atomic E-state index is 12.1. The monoisotopic (exact) mass is 234 g/mol. The Kier molecular flexibility index (Phi) is 3.45. The first-order valence-corrected chi connectivity index (χ1v) is 5.80. The van der Waals surface area contributed by atoms with E-state index in [9.17, 15) is 4.79 Å². The van der Waals surface area contributed by atoms with Gasteiger partial charge < -0.3 is 15.8 Å². The molecule has 1 fully saturated rings. The van der Waals surface area contributed by atoms with Crippen LogP contribution in [0.15, 0.2) is 24.3 Å². The molecule has 0 radical (unpaired) electrons. The van der Waals surface area contributed by atoms with Crippen molar-refractivity contribution >= 4 is 11.6 Å². The maximum absolute atomic E-state index is 12.1. The molecule has 4 heteroatoms. The lowest BCUT2D eigenvalue weighted by molar-refractivity contribution is -0.120. The van der Waals surface area contributed by atoms with Crippen molar-refractivity contribution in [3.8, 4) is 0 Å². The van der Waals surface area contributed by atoms with Crippen LogP contribution in [0, 0.1) is 5.41 Å². The predicted octanol–water partition coefficient (Wildman–Crippen LogP) is 1.51. The van der Waals surface area contributed by atoms with E-state index >= 15 is 0 Å². The average Bonchev–Trinajstić information content (AvgIpc) is 3.13. The number of hydrogen-bond acceptors (Lipinski definition) is 3. The number of methoxy groups -OCH3 is 1. The Hall–Kier alpha value is -1.39. The smallest absolute Gasteiger partial charge is 0.231 e. The van der Waals surface area contributed by atoms with Crippen LogP contribution in [0.2, 0.25) is 0 Å². The highest BCUT2D eigenvalue weighted by Crippen LogP contribution is 2.45. The molecule has 1 aromatic carbocycles. The number of rotatable bonds is 5. The standard InChI is InChI=1S/C13H18N2O2/c1-17-8-10-4-2-3-5-11(10)15-12(16)13(9-14)6-7-13/h2-5H,6-9,14H2,1H3,(H,15,16). The summed E-state index contributed by atoms with van der Waals surface area (Å²) in [7, 11) is 1.64. The zero-order valence-corrected chi connectivity index (χ0v) is 10.0. The molecule has 0 saturated heterocycles. The van der Waals surface area contributed by atoms with Crippen molar-refractivity contribution in [1.82, 2.24) is 0 Å². The van der Waals surface area contributed by atoms with Crippen molar-refractivity contribution < 1.29 is 9.53 Å². The molecule has 0 aromatic heterocycles. The summed E-state index contributed by atoms with van der Waals surface area (Å²) < 4.78 is 5.10. The van der Waals surface area contributed by atoms with Gasteiger partial charge in [0.1, 0.15) is 0 Å². The van der Waals surface area contributed by atoms with E-state index in [1.54, 1.807) is 7.11 Å². The number of ether oxygens (including phenoxy) is 1. The molecule has 1 saturated carbocycles. The third kappa shape index (κ3) is 2.48. The van der Waals surface area contributed by atoms with Gasteiger partial charge in [0.15, 0.2) is 0 Å². The third-order valence-electron chi connectivity index (χ3n) is 3.29. The van der Waals surface area contributed by atoms with E-state index in [2.05, 4.69) is 5.32 Å². The molecule has 0 unspecified atom stereocenters. The van der Waals surface area contributed by atoms with Crippen molar-refractivity contribution in [1.29, 1.82) is 0 Å². The van der Waals surface area contributed by atoms with E-state index in [4.69, 9.17) is 10.5 Å². The fraction of sp³-hybridized carbons (Fsp3) is 0.462. The minimum absolute atomic E-state index is 0.0311.